The van der Waals surface area contributed by atoms with E-state index >= 15 is 0 Å². The van der Waals surface area contributed by atoms with Crippen molar-refractivity contribution < 1.29 is 18.5 Å². The van der Waals surface area contributed by atoms with Gasteiger partial charge in [-0.3, -0.25) is 4.79 Å². The molecule has 1 rings (SSSR count). The van der Waals surface area contributed by atoms with Gasteiger partial charge < -0.3 is 9.29 Å². The first-order chi connectivity index (χ1) is 11.0. The molecular weight excluding hydrogens is 353 g/mol. The Hall–Kier alpha value is -0.820. The van der Waals surface area contributed by atoms with Crippen LogP contribution >= 0.6 is 11.6 Å². The molecule has 0 bridgehead atoms. The SMILES string of the molecule is CC(C)COC(=O)C[C@H](N[S+]([O-])C(C)(C)C)c1cccc(Cl)c1F. The Morgan fingerprint density at radius 1 is 1.42 bits per heavy atom. The van der Waals surface area contributed by atoms with Crippen LogP contribution in [-0.4, -0.2) is 21.9 Å². The van der Waals surface area contributed by atoms with E-state index in [4.69, 9.17) is 16.3 Å². The molecule has 1 N–H and O–H groups in total. The monoisotopic (exact) mass is 377 g/mol. The molecule has 7 heteroatoms. The summed E-state index contributed by atoms with van der Waals surface area (Å²) >= 11 is 4.35. The maximum atomic E-state index is 14.3. The van der Waals surface area contributed by atoms with Gasteiger partial charge in [0.05, 0.1) is 24.1 Å². The molecule has 4 nitrogen and oxygen atoms in total. The summed E-state index contributed by atoms with van der Waals surface area (Å²) in [5.74, 6) is -0.905. The van der Waals surface area contributed by atoms with Crippen LogP contribution in [-0.2, 0) is 20.9 Å². The predicted molar refractivity (Wildman–Crippen MR) is 95.6 cm³/mol. The molecular formula is C17H25ClFNO3S. The number of hydrogen-bond donors (Lipinski definition) is 1. The Kier molecular flexibility index (Phi) is 7.99. The molecule has 1 aromatic rings. The van der Waals surface area contributed by atoms with Crippen LogP contribution in [0.25, 0.3) is 0 Å². The lowest BCUT2D eigenvalue weighted by Gasteiger charge is -2.28. The minimum absolute atomic E-state index is 0.0450. The van der Waals surface area contributed by atoms with E-state index in [1.807, 2.05) is 13.8 Å². The number of hydrogen-bond acceptors (Lipinski definition) is 4. The number of benzene rings is 1. The maximum absolute atomic E-state index is 14.3. The molecule has 24 heavy (non-hydrogen) atoms. The third-order valence-corrected chi connectivity index (χ3v) is 5.01. The maximum Gasteiger partial charge on any atom is 0.307 e. The molecule has 0 saturated heterocycles. The fraction of sp³-hybridized carbons (Fsp3) is 0.588. The molecule has 0 aromatic heterocycles. The van der Waals surface area contributed by atoms with Crippen LogP contribution in [0.1, 0.15) is 52.6 Å². The largest absolute Gasteiger partial charge is 0.598 e. The predicted octanol–water partition coefficient (Wildman–Crippen LogP) is 4.16. The normalized spacial score (nSPS) is 14.5. The van der Waals surface area contributed by atoms with Crippen molar-refractivity contribution in [1.29, 1.82) is 0 Å². The van der Waals surface area contributed by atoms with E-state index in [0.29, 0.717) is 0 Å². The van der Waals surface area contributed by atoms with Gasteiger partial charge in [0.2, 0.25) is 0 Å². The van der Waals surface area contributed by atoms with E-state index in [2.05, 4.69) is 4.72 Å². The Bertz CT molecular complexity index is 563. The van der Waals surface area contributed by atoms with Gasteiger partial charge in [-0.05, 0) is 32.8 Å². The van der Waals surface area contributed by atoms with Crippen molar-refractivity contribution in [3.8, 4) is 0 Å². The highest BCUT2D eigenvalue weighted by Gasteiger charge is 2.32. The second-order valence-electron chi connectivity index (χ2n) is 6.98. The zero-order valence-electron chi connectivity index (χ0n) is 14.7. The molecule has 0 aliphatic rings. The highest BCUT2D eigenvalue weighted by atomic mass is 35.5. The molecule has 0 spiro atoms. The first-order valence-electron chi connectivity index (χ1n) is 7.80. The Morgan fingerprint density at radius 2 is 2.04 bits per heavy atom. The number of carbonyl (C=O) groups is 1. The number of carbonyl (C=O) groups excluding carboxylic acids is 1. The molecule has 0 aliphatic heterocycles. The molecule has 0 radical (unpaired) electrons. The van der Waals surface area contributed by atoms with Gasteiger partial charge in [0.15, 0.2) is 0 Å². The first-order valence-corrected chi connectivity index (χ1v) is 9.32. The van der Waals surface area contributed by atoms with Crippen molar-refractivity contribution in [2.24, 2.45) is 5.92 Å². The fourth-order valence-electron chi connectivity index (χ4n) is 1.80. The van der Waals surface area contributed by atoms with E-state index in [0.717, 1.165) is 0 Å². The molecule has 1 unspecified atom stereocenters. The molecule has 1 aromatic carbocycles. The summed E-state index contributed by atoms with van der Waals surface area (Å²) in [6.07, 6.45) is -0.133. The third-order valence-electron chi connectivity index (χ3n) is 3.11. The Morgan fingerprint density at radius 3 is 2.58 bits per heavy atom. The summed E-state index contributed by atoms with van der Waals surface area (Å²) in [4.78, 5) is 12.0. The van der Waals surface area contributed by atoms with Gasteiger partial charge in [0.25, 0.3) is 0 Å². The molecule has 0 fully saturated rings. The van der Waals surface area contributed by atoms with Crippen LogP contribution < -0.4 is 4.72 Å². The number of nitrogens with one attached hydrogen (secondary N) is 1. The highest BCUT2D eigenvalue weighted by molar-refractivity contribution is 7.90. The smallest absolute Gasteiger partial charge is 0.307 e. The van der Waals surface area contributed by atoms with Crippen LogP contribution in [0.4, 0.5) is 4.39 Å². The second kappa shape index (κ2) is 9.04. The Labute approximate surface area is 151 Å². The van der Waals surface area contributed by atoms with Crippen LogP contribution in [0.5, 0.6) is 0 Å². The minimum Gasteiger partial charge on any atom is -0.598 e. The summed E-state index contributed by atoms with van der Waals surface area (Å²) in [6.45, 7) is 9.50. The Balaban J connectivity index is 2.99. The molecule has 2 atom stereocenters. The average Bonchev–Trinajstić information content (AvgIpc) is 2.46. The first kappa shape index (κ1) is 21.2. The summed E-state index contributed by atoms with van der Waals surface area (Å²) in [6, 6.07) is 3.75. The number of halogens is 2. The zero-order valence-corrected chi connectivity index (χ0v) is 16.3. The van der Waals surface area contributed by atoms with Crippen LogP contribution in [0.2, 0.25) is 5.02 Å². The molecule has 0 saturated carbocycles. The van der Waals surface area contributed by atoms with E-state index in [-0.39, 0.29) is 29.5 Å². The van der Waals surface area contributed by atoms with Crippen molar-refractivity contribution in [3.05, 3.63) is 34.6 Å². The number of rotatable bonds is 7. The van der Waals surface area contributed by atoms with E-state index in [9.17, 15) is 13.7 Å². The molecule has 136 valence electrons. The standard InChI is InChI=1S/C17H25ClFNO3S/c1-11(2)10-23-15(21)9-14(20-24(22)17(3,4)5)12-7-6-8-13(18)16(12)19/h6-8,11,14,20H,9-10H2,1-5H3/t14-,24?/m0/s1. The van der Waals surface area contributed by atoms with Gasteiger partial charge in [-0.1, -0.05) is 37.6 Å². The van der Waals surface area contributed by atoms with Crippen molar-refractivity contribution in [1.82, 2.24) is 4.72 Å². The van der Waals surface area contributed by atoms with Crippen molar-refractivity contribution in [2.75, 3.05) is 6.61 Å². The van der Waals surface area contributed by atoms with Gasteiger partial charge in [0, 0.05) is 16.9 Å². The fourth-order valence-corrected chi connectivity index (χ4v) is 2.80. The highest BCUT2D eigenvalue weighted by Crippen LogP contribution is 2.28. The zero-order chi connectivity index (χ0) is 18.5. The topological polar surface area (TPSA) is 61.4 Å². The lowest BCUT2D eigenvalue weighted by Crippen LogP contribution is -2.42. The molecule has 0 aliphatic carbocycles. The van der Waals surface area contributed by atoms with Crippen LogP contribution in [0, 0.1) is 11.7 Å². The third kappa shape index (κ3) is 6.59. The van der Waals surface area contributed by atoms with E-state index < -0.39 is 33.9 Å². The summed E-state index contributed by atoms with van der Waals surface area (Å²) in [7, 11) is 0. The lowest BCUT2D eigenvalue weighted by atomic mass is 10.0. The van der Waals surface area contributed by atoms with E-state index in [1.165, 1.54) is 12.1 Å². The van der Waals surface area contributed by atoms with E-state index in [1.54, 1.807) is 26.8 Å². The quantitative estimate of drug-likeness (QED) is 0.572. The van der Waals surface area contributed by atoms with Crippen molar-refractivity contribution in [3.63, 3.8) is 0 Å². The van der Waals surface area contributed by atoms with Gasteiger partial charge >= 0.3 is 5.97 Å². The van der Waals surface area contributed by atoms with Gasteiger partial charge in [-0.15, -0.1) is 4.72 Å². The van der Waals surface area contributed by atoms with Crippen molar-refractivity contribution in [2.45, 2.75) is 51.8 Å². The van der Waals surface area contributed by atoms with Gasteiger partial charge in [0.1, 0.15) is 10.6 Å². The molecule has 0 heterocycles. The van der Waals surface area contributed by atoms with Crippen LogP contribution in [0.3, 0.4) is 0 Å². The molecule has 0 amide bonds. The van der Waals surface area contributed by atoms with Gasteiger partial charge in [-0.2, -0.15) is 0 Å². The summed E-state index contributed by atoms with van der Waals surface area (Å²) in [5, 5.41) is -0.0450. The minimum atomic E-state index is -1.48. The average molecular weight is 378 g/mol. The van der Waals surface area contributed by atoms with Gasteiger partial charge in [-0.25, -0.2) is 4.39 Å². The number of ether oxygens (including phenoxy) is 1. The summed E-state index contributed by atoms with van der Waals surface area (Å²) in [5.41, 5.74) is 0.196. The van der Waals surface area contributed by atoms with Crippen molar-refractivity contribution >= 4 is 28.9 Å². The summed E-state index contributed by atoms with van der Waals surface area (Å²) < 4.78 is 34.2. The lowest BCUT2D eigenvalue weighted by molar-refractivity contribution is -0.145. The second-order valence-corrected chi connectivity index (χ2v) is 9.38. The van der Waals surface area contributed by atoms with Crippen LogP contribution in [0.15, 0.2) is 18.2 Å². The number of esters is 1.